The highest BCUT2D eigenvalue weighted by Crippen LogP contribution is 2.39. The zero-order valence-corrected chi connectivity index (χ0v) is 19.1. The van der Waals surface area contributed by atoms with Crippen LogP contribution in [0.1, 0.15) is 31.1 Å². The molecule has 0 saturated heterocycles. The molecule has 0 aliphatic carbocycles. The van der Waals surface area contributed by atoms with Crippen molar-refractivity contribution in [3.05, 3.63) is 72.3 Å². The number of aromatic amines is 1. The molecule has 0 unspecified atom stereocenters. The van der Waals surface area contributed by atoms with Gasteiger partial charge in [0.1, 0.15) is 0 Å². The number of carbonyl (C=O) groups is 1. The van der Waals surface area contributed by atoms with Gasteiger partial charge in [-0.05, 0) is 57.2 Å². The molecule has 0 aliphatic rings. The molecule has 1 amide bonds. The molecule has 3 aromatic carbocycles. The zero-order chi connectivity index (χ0) is 23.2. The van der Waals surface area contributed by atoms with Gasteiger partial charge in [0.05, 0.1) is 19.8 Å². The number of rotatable bonds is 9. The number of anilines is 1. The van der Waals surface area contributed by atoms with Crippen LogP contribution >= 0.6 is 0 Å². The number of para-hydroxylation sites is 1. The first-order chi connectivity index (χ1) is 16.1. The van der Waals surface area contributed by atoms with Crippen molar-refractivity contribution in [2.75, 3.05) is 25.1 Å². The average Bonchev–Trinajstić information content (AvgIpc) is 3.26. The van der Waals surface area contributed by atoms with Crippen molar-refractivity contribution < 1.29 is 19.0 Å². The Bertz CT molecular complexity index is 1200. The Hall–Kier alpha value is -3.93. The number of fused-ring (bicyclic) bond motifs is 1. The Morgan fingerprint density at radius 3 is 2.18 bits per heavy atom. The first-order valence-electron chi connectivity index (χ1n) is 11.2. The Balaban J connectivity index is 1.62. The van der Waals surface area contributed by atoms with Gasteiger partial charge in [0.15, 0.2) is 11.5 Å². The normalized spacial score (nSPS) is 10.8. The Morgan fingerprint density at radius 1 is 0.818 bits per heavy atom. The van der Waals surface area contributed by atoms with Gasteiger partial charge in [0.2, 0.25) is 5.75 Å². The van der Waals surface area contributed by atoms with Crippen molar-refractivity contribution in [3.63, 3.8) is 0 Å². The lowest BCUT2D eigenvalue weighted by atomic mass is 10.1. The first-order valence-corrected chi connectivity index (χ1v) is 11.2. The van der Waals surface area contributed by atoms with Crippen molar-refractivity contribution in [2.24, 2.45) is 0 Å². The van der Waals surface area contributed by atoms with E-state index < -0.39 is 0 Å². The van der Waals surface area contributed by atoms with E-state index in [0.29, 0.717) is 48.3 Å². The highest BCUT2D eigenvalue weighted by Gasteiger charge is 2.18. The summed E-state index contributed by atoms with van der Waals surface area (Å²) in [5.74, 6) is 1.23. The predicted octanol–water partition coefficient (Wildman–Crippen LogP) is 6.28. The van der Waals surface area contributed by atoms with Crippen LogP contribution in [-0.2, 0) is 0 Å². The molecule has 33 heavy (non-hydrogen) atoms. The van der Waals surface area contributed by atoms with E-state index in [9.17, 15) is 4.79 Å². The van der Waals surface area contributed by atoms with Crippen molar-refractivity contribution in [1.29, 1.82) is 0 Å². The maximum absolute atomic E-state index is 13.1. The van der Waals surface area contributed by atoms with Crippen molar-refractivity contribution >= 4 is 22.5 Å². The van der Waals surface area contributed by atoms with E-state index >= 15 is 0 Å². The topological polar surface area (TPSA) is 72.6 Å². The van der Waals surface area contributed by atoms with Crippen LogP contribution in [0.25, 0.3) is 22.2 Å². The lowest BCUT2D eigenvalue weighted by Gasteiger charge is -2.17. The number of hydrogen-bond acceptors (Lipinski definition) is 4. The number of amides is 1. The van der Waals surface area contributed by atoms with Crippen LogP contribution in [0.5, 0.6) is 17.2 Å². The number of ether oxygens (including phenoxy) is 3. The standard InChI is InChI=1S/C27H28N2O4/c1-4-31-24-16-20(17-25(32-5-2)26(24)33-6-3)27(30)28-21-12-9-11-18(14-21)23-15-19-10-7-8-13-22(19)29-23/h7-17,29H,4-6H2,1-3H3,(H,28,30). The van der Waals surface area contributed by atoms with Gasteiger partial charge in [-0.2, -0.15) is 0 Å². The van der Waals surface area contributed by atoms with E-state index in [1.165, 1.54) is 0 Å². The lowest BCUT2D eigenvalue weighted by molar-refractivity contribution is 0.102. The average molecular weight is 445 g/mol. The summed E-state index contributed by atoms with van der Waals surface area (Å²) in [5.41, 5.74) is 4.18. The monoisotopic (exact) mass is 444 g/mol. The van der Waals surface area contributed by atoms with Gasteiger partial charge in [-0.25, -0.2) is 0 Å². The van der Waals surface area contributed by atoms with Crippen LogP contribution in [0.2, 0.25) is 0 Å². The van der Waals surface area contributed by atoms with E-state index in [1.54, 1.807) is 12.1 Å². The number of benzene rings is 3. The molecule has 2 N–H and O–H groups in total. The third-order valence-corrected chi connectivity index (χ3v) is 5.13. The first kappa shape index (κ1) is 22.3. The number of carbonyl (C=O) groups excluding carboxylic acids is 1. The van der Waals surface area contributed by atoms with Gasteiger partial charge in [0.25, 0.3) is 5.91 Å². The maximum Gasteiger partial charge on any atom is 0.255 e. The highest BCUT2D eigenvalue weighted by molar-refractivity contribution is 6.05. The largest absolute Gasteiger partial charge is 0.490 e. The molecule has 0 radical (unpaired) electrons. The van der Waals surface area contributed by atoms with Crippen LogP contribution in [-0.4, -0.2) is 30.7 Å². The van der Waals surface area contributed by atoms with E-state index in [4.69, 9.17) is 14.2 Å². The third kappa shape index (κ3) is 4.95. The maximum atomic E-state index is 13.1. The Kier molecular flexibility index (Phi) is 6.83. The number of nitrogens with one attached hydrogen (secondary N) is 2. The fourth-order valence-corrected chi connectivity index (χ4v) is 3.72. The van der Waals surface area contributed by atoms with Crippen LogP contribution in [0, 0.1) is 0 Å². The predicted molar refractivity (Wildman–Crippen MR) is 132 cm³/mol. The smallest absolute Gasteiger partial charge is 0.255 e. The lowest BCUT2D eigenvalue weighted by Crippen LogP contribution is -2.13. The molecule has 1 heterocycles. The van der Waals surface area contributed by atoms with E-state index in [1.807, 2.05) is 63.2 Å². The summed E-state index contributed by atoms with van der Waals surface area (Å²) < 4.78 is 17.2. The summed E-state index contributed by atoms with van der Waals surface area (Å²) in [4.78, 5) is 16.5. The van der Waals surface area contributed by atoms with Gasteiger partial charge >= 0.3 is 0 Å². The molecule has 6 heteroatoms. The van der Waals surface area contributed by atoms with E-state index in [2.05, 4.69) is 22.4 Å². The van der Waals surface area contributed by atoms with Crippen LogP contribution in [0.15, 0.2) is 66.7 Å². The van der Waals surface area contributed by atoms with Crippen molar-refractivity contribution in [2.45, 2.75) is 20.8 Å². The molecule has 1 aromatic heterocycles. The molecular formula is C27H28N2O4. The molecule has 0 saturated carbocycles. The molecule has 0 aliphatic heterocycles. The SMILES string of the molecule is CCOc1cc(C(=O)Nc2cccc(-c3cc4ccccc4[nH]3)c2)cc(OCC)c1OCC. The summed E-state index contributed by atoms with van der Waals surface area (Å²) in [7, 11) is 0. The third-order valence-electron chi connectivity index (χ3n) is 5.13. The molecule has 4 aromatic rings. The number of aromatic nitrogens is 1. The molecular weight excluding hydrogens is 416 g/mol. The molecule has 0 atom stereocenters. The van der Waals surface area contributed by atoms with Crippen molar-refractivity contribution in [3.8, 4) is 28.5 Å². The van der Waals surface area contributed by atoms with Gasteiger partial charge < -0.3 is 24.5 Å². The van der Waals surface area contributed by atoms with E-state index in [-0.39, 0.29) is 5.91 Å². The Labute approximate surface area is 193 Å². The second-order valence-electron chi connectivity index (χ2n) is 7.41. The fraction of sp³-hybridized carbons (Fsp3) is 0.222. The quantitative estimate of drug-likeness (QED) is 0.318. The Morgan fingerprint density at radius 2 is 1.52 bits per heavy atom. The minimum absolute atomic E-state index is 0.256. The minimum Gasteiger partial charge on any atom is -0.490 e. The van der Waals surface area contributed by atoms with Crippen LogP contribution < -0.4 is 19.5 Å². The second kappa shape index (κ2) is 10.1. The molecule has 4 rings (SSSR count). The van der Waals surface area contributed by atoms with Gasteiger partial charge in [0, 0.05) is 33.4 Å². The summed E-state index contributed by atoms with van der Waals surface area (Å²) in [6, 6.07) is 21.4. The molecule has 0 fully saturated rings. The second-order valence-corrected chi connectivity index (χ2v) is 7.41. The van der Waals surface area contributed by atoms with Gasteiger partial charge in [-0.1, -0.05) is 30.3 Å². The van der Waals surface area contributed by atoms with Gasteiger partial charge in [-0.3, -0.25) is 4.79 Å². The van der Waals surface area contributed by atoms with Crippen molar-refractivity contribution in [1.82, 2.24) is 4.98 Å². The fourth-order valence-electron chi connectivity index (χ4n) is 3.72. The summed E-state index contributed by atoms with van der Waals surface area (Å²) in [5, 5.41) is 4.13. The molecule has 0 spiro atoms. The minimum atomic E-state index is -0.256. The molecule has 170 valence electrons. The number of hydrogen-bond donors (Lipinski definition) is 2. The zero-order valence-electron chi connectivity index (χ0n) is 19.1. The number of H-pyrrole nitrogens is 1. The van der Waals surface area contributed by atoms with E-state index in [0.717, 1.165) is 22.2 Å². The summed E-state index contributed by atoms with van der Waals surface area (Å²) >= 11 is 0. The van der Waals surface area contributed by atoms with Crippen LogP contribution in [0.3, 0.4) is 0 Å². The van der Waals surface area contributed by atoms with Gasteiger partial charge in [-0.15, -0.1) is 0 Å². The molecule has 0 bridgehead atoms. The van der Waals surface area contributed by atoms with Crippen LogP contribution in [0.4, 0.5) is 5.69 Å². The summed E-state index contributed by atoms with van der Waals surface area (Å²) in [6.07, 6.45) is 0. The molecule has 6 nitrogen and oxygen atoms in total. The summed E-state index contributed by atoms with van der Waals surface area (Å²) in [6.45, 7) is 7.03. The highest BCUT2D eigenvalue weighted by atomic mass is 16.5.